The molecule has 1 fully saturated rings. The molecule has 1 aliphatic carbocycles. The Morgan fingerprint density at radius 2 is 1.95 bits per heavy atom. The Kier molecular flexibility index (Phi) is 5.01. The van der Waals surface area contributed by atoms with E-state index in [0.717, 1.165) is 37.5 Å². The first-order valence-corrected chi connectivity index (χ1v) is 7.35. The van der Waals surface area contributed by atoms with Crippen LogP contribution in [0.2, 0.25) is 0 Å². The highest BCUT2D eigenvalue weighted by atomic mass is 16.6. The van der Waals surface area contributed by atoms with E-state index >= 15 is 0 Å². The molecule has 0 atom stereocenters. The van der Waals surface area contributed by atoms with Crippen molar-refractivity contribution in [2.24, 2.45) is 5.41 Å². The van der Waals surface area contributed by atoms with Gasteiger partial charge >= 0.3 is 0 Å². The maximum atomic E-state index is 11.0. The van der Waals surface area contributed by atoms with Crippen molar-refractivity contribution in [3.8, 4) is 0 Å². The van der Waals surface area contributed by atoms with Crippen LogP contribution in [0.25, 0.3) is 0 Å². The van der Waals surface area contributed by atoms with Gasteiger partial charge in [-0.2, -0.15) is 0 Å². The molecule has 6 nitrogen and oxygen atoms in total. The van der Waals surface area contributed by atoms with Crippen LogP contribution in [0.5, 0.6) is 0 Å². The van der Waals surface area contributed by atoms with Gasteiger partial charge in [-0.05, 0) is 37.7 Å². The van der Waals surface area contributed by atoms with Crippen molar-refractivity contribution in [3.63, 3.8) is 0 Å². The Morgan fingerprint density at radius 3 is 2.48 bits per heavy atom. The Balaban J connectivity index is 2.03. The van der Waals surface area contributed by atoms with Gasteiger partial charge in [0.25, 0.3) is 5.69 Å². The first kappa shape index (κ1) is 15.6. The number of nitro groups is 1. The first-order valence-electron chi connectivity index (χ1n) is 7.35. The van der Waals surface area contributed by atoms with Gasteiger partial charge in [0.1, 0.15) is 0 Å². The number of methoxy groups -OCH3 is 1. The fourth-order valence-electron chi connectivity index (χ4n) is 2.42. The summed E-state index contributed by atoms with van der Waals surface area (Å²) in [6.07, 6.45) is 3.42. The molecule has 0 unspecified atom stereocenters. The second-order valence-corrected chi connectivity index (χ2v) is 5.65. The molecule has 0 spiro atoms. The maximum absolute atomic E-state index is 11.0. The molecule has 0 heterocycles. The lowest BCUT2D eigenvalue weighted by atomic mass is 10.0. The van der Waals surface area contributed by atoms with Crippen LogP contribution in [0.15, 0.2) is 18.2 Å². The minimum Gasteiger partial charge on any atom is -0.385 e. The fourth-order valence-corrected chi connectivity index (χ4v) is 2.42. The standard InChI is InChI=1S/C15H23N3O3/c1-3-16-12-8-13(10-14(9-12)18(19)20)17-11-15(4-5-15)6-7-21-2/h8-10,16-17H,3-7,11H2,1-2H3. The molecule has 0 aromatic heterocycles. The van der Waals surface area contributed by atoms with E-state index in [0.29, 0.717) is 5.41 Å². The molecule has 6 heteroatoms. The topological polar surface area (TPSA) is 76.4 Å². The van der Waals surface area contributed by atoms with Crippen LogP contribution in [-0.4, -0.2) is 31.7 Å². The zero-order chi connectivity index (χ0) is 15.3. The highest BCUT2D eigenvalue weighted by molar-refractivity contribution is 5.63. The molecule has 1 aliphatic rings. The van der Waals surface area contributed by atoms with Gasteiger partial charge in [0.2, 0.25) is 0 Å². The van der Waals surface area contributed by atoms with Crippen LogP contribution in [0.1, 0.15) is 26.2 Å². The van der Waals surface area contributed by atoms with Crippen molar-refractivity contribution in [1.82, 2.24) is 0 Å². The normalized spacial score (nSPS) is 15.5. The first-order chi connectivity index (χ1) is 10.1. The monoisotopic (exact) mass is 293 g/mol. The summed E-state index contributed by atoms with van der Waals surface area (Å²) in [5.41, 5.74) is 1.98. The highest BCUT2D eigenvalue weighted by Crippen LogP contribution is 2.48. The molecule has 1 saturated carbocycles. The Labute approximate surface area is 125 Å². The molecule has 1 aromatic carbocycles. The number of benzene rings is 1. The fraction of sp³-hybridized carbons (Fsp3) is 0.600. The van der Waals surface area contributed by atoms with Gasteiger partial charge in [0.15, 0.2) is 0 Å². The molecule has 0 radical (unpaired) electrons. The number of ether oxygens (including phenoxy) is 1. The molecular formula is C15H23N3O3. The number of non-ortho nitro benzene ring substituents is 1. The number of anilines is 2. The van der Waals surface area contributed by atoms with Gasteiger partial charge in [0.05, 0.1) is 4.92 Å². The van der Waals surface area contributed by atoms with Crippen molar-refractivity contribution in [1.29, 1.82) is 0 Å². The summed E-state index contributed by atoms with van der Waals surface area (Å²) in [5, 5.41) is 17.5. The van der Waals surface area contributed by atoms with Gasteiger partial charge in [-0.1, -0.05) is 0 Å². The Morgan fingerprint density at radius 1 is 1.29 bits per heavy atom. The van der Waals surface area contributed by atoms with E-state index in [1.807, 2.05) is 13.0 Å². The summed E-state index contributed by atoms with van der Waals surface area (Å²) in [5.74, 6) is 0. The lowest BCUT2D eigenvalue weighted by Gasteiger charge is -2.17. The minimum absolute atomic E-state index is 0.109. The molecule has 116 valence electrons. The van der Waals surface area contributed by atoms with Crippen molar-refractivity contribution in [2.75, 3.05) is 37.4 Å². The lowest BCUT2D eigenvalue weighted by molar-refractivity contribution is -0.384. The molecule has 0 bridgehead atoms. The zero-order valence-corrected chi connectivity index (χ0v) is 12.6. The Hall–Kier alpha value is -1.82. The molecule has 0 saturated heterocycles. The predicted molar refractivity (Wildman–Crippen MR) is 83.9 cm³/mol. The second-order valence-electron chi connectivity index (χ2n) is 5.65. The average Bonchev–Trinajstić information content (AvgIpc) is 3.24. The summed E-state index contributed by atoms with van der Waals surface area (Å²) in [6, 6.07) is 5.07. The summed E-state index contributed by atoms with van der Waals surface area (Å²) in [7, 11) is 1.72. The molecular weight excluding hydrogens is 270 g/mol. The number of hydrogen-bond acceptors (Lipinski definition) is 5. The SMILES string of the molecule is CCNc1cc(NCC2(CCOC)CC2)cc([N+](=O)[O-])c1. The van der Waals surface area contributed by atoms with E-state index in [1.54, 1.807) is 19.2 Å². The number of nitro benzene ring substituents is 1. The molecule has 2 N–H and O–H groups in total. The van der Waals surface area contributed by atoms with E-state index < -0.39 is 0 Å². The van der Waals surface area contributed by atoms with Crippen molar-refractivity contribution in [2.45, 2.75) is 26.2 Å². The van der Waals surface area contributed by atoms with E-state index in [2.05, 4.69) is 10.6 Å². The largest absolute Gasteiger partial charge is 0.385 e. The third-order valence-electron chi connectivity index (χ3n) is 3.97. The molecule has 2 rings (SSSR count). The smallest absolute Gasteiger partial charge is 0.273 e. The molecule has 0 aliphatic heterocycles. The zero-order valence-electron chi connectivity index (χ0n) is 12.6. The van der Waals surface area contributed by atoms with Crippen LogP contribution in [-0.2, 0) is 4.74 Å². The van der Waals surface area contributed by atoms with E-state index in [1.165, 1.54) is 12.8 Å². The average molecular weight is 293 g/mol. The van der Waals surface area contributed by atoms with Crippen LogP contribution >= 0.6 is 0 Å². The second kappa shape index (κ2) is 6.76. The van der Waals surface area contributed by atoms with Gasteiger partial charge in [-0.15, -0.1) is 0 Å². The van der Waals surface area contributed by atoms with Crippen LogP contribution in [0.3, 0.4) is 0 Å². The van der Waals surface area contributed by atoms with E-state index in [9.17, 15) is 10.1 Å². The van der Waals surface area contributed by atoms with Crippen molar-refractivity contribution in [3.05, 3.63) is 28.3 Å². The van der Waals surface area contributed by atoms with Gasteiger partial charge in [-0.25, -0.2) is 0 Å². The van der Waals surface area contributed by atoms with Gasteiger partial charge < -0.3 is 15.4 Å². The number of nitrogens with zero attached hydrogens (tertiary/aromatic N) is 1. The quantitative estimate of drug-likeness (QED) is 0.540. The summed E-state index contributed by atoms with van der Waals surface area (Å²) in [4.78, 5) is 10.6. The van der Waals surface area contributed by atoms with Crippen molar-refractivity contribution < 1.29 is 9.66 Å². The van der Waals surface area contributed by atoms with Crippen molar-refractivity contribution >= 4 is 17.1 Å². The Bertz CT molecular complexity index is 501. The summed E-state index contributed by atoms with van der Waals surface area (Å²) in [6.45, 7) is 4.30. The van der Waals surface area contributed by atoms with E-state index in [4.69, 9.17) is 4.74 Å². The molecule has 21 heavy (non-hydrogen) atoms. The highest BCUT2D eigenvalue weighted by Gasteiger charge is 2.41. The number of hydrogen-bond donors (Lipinski definition) is 2. The van der Waals surface area contributed by atoms with Gasteiger partial charge in [0, 0.05) is 50.3 Å². The number of nitrogens with one attached hydrogen (secondary N) is 2. The lowest BCUT2D eigenvalue weighted by Crippen LogP contribution is -2.17. The molecule has 1 aromatic rings. The predicted octanol–water partition coefficient (Wildman–Crippen LogP) is 3.26. The van der Waals surface area contributed by atoms with Crippen LogP contribution < -0.4 is 10.6 Å². The third kappa shape index (κ3) is 4.32. The van der Waals surface area contributed by atoms with Crippen LogP contribution in [0, 0.1) is 15.5 Å². The van der Waals surface area contributed by atoms with E-state index in [-0.39, 0.29) is 10.6 Å². The minimum atomic E-state index is -0.357. The summed E-state index contributed by atoms with van der Waals surface area (Å²) >= 11 is 0. The third-order valence-corrected chi connectivity index (χ3v) is 3.97. The molecule has 0 amide bonds. The number of rotatable bonds is 9. The van der Waals surface area contributed by atoms with Gasteiger partial charge in [-0.3, -0.25) is 10.1 Å². The maximum Gasteiger partial charge on any atom is 0.273 e. The van der Waals surface area contributed by atoms with Crippen LogP contribution in [0.4, 0.5) is 17.1 Å². The summed E-state index contributed by atoms with van der Waals surface area (Å²) < 4.78 is 5.14.